The van der Waals surface area contributed by atoms with Gasteiger partial charge in [0.25, 0.3) is 11.8 Å². The van der Waals surface area contributed by atoms with Crippen molar-refractivity contribution < 1.29 is 9.59 Å². The molecule has 30 heavy (non-hydrogen) atoms. The van der Waals surface area contributed by atoms with Crippen LogP contribution in [0.5, 0.6) is 0 Å². The van der Waals surface area contributed by atoms with Crippen molar-refractivity contribution in [1.82, 2.24) is 20.0 Å². The van der Waals surface area contributed by atoms with Crippen LogP contribution in [0.1, 0.15) is 16.8 Å². The molecule has 0 fully saturated rings. The van der Waals surface area contributed by atoms with Crippen LogP contribution in [0.4, 0.5) is 5.95 Å². The van der Waals surface area contributed by atoms with Crippen LogP contribution in [0.15, 0.2) is 70.7 Å². The minimum absolute atomic E-state index is 0.261. The maximum absolute atomic E-state index is 12.8. The first-order valence-corrected chi connectivity index (χ1v) is 10.2. The number of imidazole rings is 1. The number of carbonyl (C=O) groups excluding carboxylic acids is 2. The van der Waals surface area contributed by atoms with E-state index in [4.69, 9.17) is 0 Å². The quantitative estimate of drug-likeness (QED) is 0.579. The molecule has 0 saturated carbocycles. The summed E-state index contributed by atoms with van der Waals surface area (Å²) in [7, 11) is 0. The summed E-state index contributed by atoms with van der Waals surface area (Å²) in [5.74, 6) is 0.129. The molecule has 0 aliphatic carbocycles. The fraction of sp³-hybridized carbons (Fsp3) is 0.143. The Balaban J connectivity index is 1.80. The molecular weight excluding hydrogens is 448 g/mol. The highest BCUT2D eigenvalue weighted by atomic mass is 79.9. The Morgan fingerprint density at radius 3 is 2.73 bits per heavy atom. The highest BCUT2D eigenvalue weighted by Crippen LogP contribution is 2.27. The molecule has 2 N–H and O–H groups in total. The van der Waals surface area contributed by atoms with Gasteiger partial charge >= 0.3 is 0 Å². The number of aliphatic imine (C=N–C) groups is 1. The Hall–Kier alpha value is -3.46. The molecule has 0 bridgehead atoms. The molecule has 0 atom stereocenters. The smallest absolute Gasteiger partial charge is 0.264 e. The maximum Gasteiger partial charge on any atom is 0.264 e. The van der Waals surface area contributed by atoms with Crippen LogP contribution in [0.3, 0.4) is 0 Å². The van der Waals surface area contributed by atoms with Crippen LogP contribution in [-0.4, -0.2) is 45.4 Å². The summed E-state index contributed by atoms with van der Waals surface area (Å²) in [6.45, 7) is 4.55. The molecule has 2 amide bonds. The second-order valence-electron chi connectivity index (χ2n) is 6.56. The number of hydrogen-bond acceptors (Lipinski definition) is 5. The van der Waals surface area contributed by atoms with Crippen molar-refractivity contribution in [3.8, 4) is 0 Å². The van der Waals surface area contributed by atoms with Gasteiger partial charge in [-0.1, -0.05) is 30.8 Å². The topological polar surface area (TPSA) is 91.6 Å². The number of aromatic nitrogens is 2. The lowest BCUT2D eigenvalue weighted by Gasteiger charge is -2.22. The van der Waals surface area contributed by atoms with E-state index in [0.29, 0.717) is 42.5 Å². The number of para-hydroxylation sites is 1. The molecule has 4 rings (SSSR count). The maximum atomic E-state index is 12.8. The van der Waals surface area contributed by atoms with Crippen molar-refractivity contribution in [2.75, 3.05) is 18.4 Å². The summed E-state index contributed by atoms with van der Waals surface area (Å²) >= 11 is 3.56. The molecule has 1 aliphatic heterocycles. The zero-order valence-corrected chi connectivity index (χ0v) is 17.6. The molecule has 8 nitrogen and oxygen atoms in total. The normalized spacial score (nSPS) is 13.9. The van der Waals surface area contributed by atoms with Gasteiger partial charge in [0.1, 0.15) is 0 Å². The zero-order chi connectivity index (χ0) is 21.1. The number of halogens is 1. The Bertz CT molecular complexity index is 1160. The van der Waals surface area contributed by atoms with Gasteiger partial charge in [-0.05, 0) is 52.7 Å². The molecule has 1 aromatic heterocycles. The van der Waals surface area contributed by atoms with Gasteiger partial charge in [0.2, 0.25) is 11.9 Å². The second-order valence-corrected chi connectivity index (χ2v) is 7.42. The van der Waals surface area contributed by atoms with Crippen molar-refractivity contribution in [3.05, 3.63) is 71.2 Å². The number of fused-ring (bicyclic) bond motifs is 1. The molecule has 3 aromatic rings. The number of hydrazine groups is 1. The first-order chi connectivity index (χ1) is 14.6. The fourth-order valence-electron chi connectivity index (χ4n) is 3.16. The molecule has 0 spiro atoms. The van der Waals surface area contributed by atoms with E-state index in [1.807, 2.05) is 24.3 Å². The van der Waals surface area contributed by atoms with Crippen molar-refractivity contribution in [2.45, 2.75) is 6.42 Å². The lowest BCUT2D eigenvalue weighted by atomic mass is 10.2. The van der Waals surface area contributed by atoms with Crippen LogP contribution in [0, 0.1) is 0 Å². The van der Waals surface area contributed by atoms with Crippen LogP contribution in [0.2, 0.25) is 0 Å². The summed E-state index contributed by atoms with van der Waals surface area (Å²) in [5, 5.41) is 4.32. The van der Waals surface area contributed by atoms with Crippen LogP contribution >= 0.6 is 15.9 Å². The monoisotopic (exact) mass is 466 g/mol. The van der Waals surface area contributed by atoms with E-state index in [-0.39, 0.29) is 11.8 Å². The number of rotatable bonds is 3. The molecule has 152 valence electrons. The van der Waals surface area contributed by atoms with E-state index in [1.54, 1.807) is 28.8 Å². The summed E-state index contributed by atoms with van der Waals surface area (Å²) in [6.07, 6.45) is 1.94. The van der Waals surface area contributed by atoms with E-state index in [0.717, 1.165) is 9.99 Å². The standard InChI is InChI=1S/C21H19BrN6O2/c1-2-17(29)27-13-7-12-23-20(26-27)28-18-15(22)10-6-11-16(18)24-21(28)25-19(30)14-8-4-3-5-9-14/h2-6,8-11H,1,7,12-13H2,(H,23,26)(H,24,25,30). The van der Waals surface area contributed by atoms with Crippen molar-refractivity contribution in [3.63, 3.8) is 0 Å². The van der Waals surface area contributed by atoms with E-state index < -0.39 is 0 Å². The fourth-order valence-corrected chi connectivity index (χ4v) is 3.69. The third kappa shape index (κ3) is 3.84. The van der Waals surface area contributed by atoms with Crippen LogP contribution in [-0.2, 0) is 4.79 Å². The average Bonchev–Trinajstić information content (AvgIpc) is 2.96. The summed E-state index contributed by atoms with van der Waals surface area (Å²) in [6, 6.07) is 14.5. The third-order valence-electron chi connectivity index (χ3n) is 4.58. The minimum atomic E-state index is -0.295. The molecular formula is C21H19BrN6O2. The molecule has 0 unspecified atom stereocenters. The van der Waals surface area contributed by atoms with E-state index in [9.17, 15) is 9.59 Å². The Morgan fingerprint density at radius 2 is 1.97 bits per heavy atom. The van der Waals surface area contributed by atoms with Crippen molar-refractivity contribution >= 4 is 50.7 Å². The zero-order valence-electron chi connectivity index (χ0n) is 16.0. The number of hydrogen-bond donors (Lipinski definition) is 2. The van der Waals surface area contributed by atoms with E-state index in [1.165, 1.54) is 11.1 Å². The second kappa shape index (κ2) is 8.50. The van der Waals surface area contributed by atoms with Gasteiger partial charge in [0.05, 0.1) is 11.0 Å². The van der Waals surface area contributed by atoms with Gasteiger partial charge in [-0.15, -0.1) is 0 Å². The summed E-state index contributed by atoms with van der Waals surface area (Å²) in [5.41, 5.74) is 4.96. The van der Waals surface area contributed by atoms with Gasteiger partial charge in [-0.3, -0.25) is 30.3 Å². The molecule has 2 aromatic carbocycles. The van der Waals surface area contributed by atoms with E-state index >= 15 is 0 Å². The van der Waals surface area contributed by atoms with Gasteiger partial charge in [-0.2, -0.15) is 0 Å². The Kier molecular flexibility index (Phi) is 5.62. The van der Waals surface area contributed by atoms with Crippen LogP contribution in [0.25, 0.3) is 11.0 Å². The van der Waals surface area contributed by atoms with Gasteiger partial charge < -0.3 is 0 Å². The molecule has 0 saturated heterocycles. The first-order valence-electron chi connectivity index (χ1n) is 9.37. The number of amides is 2. The molecule has 0 radical (unpaired) electrons. The third-order valence-corrected chi connectivity index (χ3v) is 5.22. The SMILES string of the molecule is C=CC(=O)N1CCCN=C(n2c(NC(=O)c3ccccc3)nc3cccc(Br)c32)N1. The minimum Gasteiger partial charge on any atom is -0.291 e. The van der Waals surface area contributed by atoms with Gasteiger partial charge in [-0.25, -0.2) is 9.55 Å². The highest BCUT2D eigenvalue weighted by molar-refractivity contribution is 9.10. The number of anilines is 1. The molecule has 9 heteroatoms. The lowest BCUT2D eigenvalue weighted by molar-refractivity contribution is -0.127. The van der Waals surface area contributed by atoms with Gasteiger partial charge in [0, 0.05) is 23.1 Å². The number of benzene rings is 2. The first kappa shape index (κ1) is 19.8. The van der Waals surface area contributed by atoms with Crippen molar-refractivity contribution in [1.29, 1.82) is 0 Å². The molecule has 1 aliphatic rings. The average molecular weight is 467 g/mol. The predicted molar refractivity (Wildman–Crippen MR) is 119 cm³/mol. The van der Waals surface area contributed by atoms with E-state index in [2.05, 4.69) is 43.2 Å². The predicted octanol–water partition coefficient (Wildman–Crippen LogP) is 3.18. The highest BCUT2D eigenvalue weighted by Gasteiger charge is 2.23. The molecule has 2 heterocycles. The number of nitrogens with one attached hydrogen (secondary N) is 2. The summed E-state index contributed by atoms with van der Waals surface area (Å²) < 4.78 is 2.48. The van der Waals surface area contributed by atoms with Gasteiger partial charge in [0.15, 0.2) is 0 Å². The number of nitrogens with zero attached hydrogens (tertiary/aromatic N) is 4. The van der Waals surface area contributed by atoms with Crippen molar-refractivity contribution in [2.24, 2.45) is 4.99 Å². The Morgan fingerprint density at radius 1 is 1.17 bits per heavy atom. The number of carbonyl (C=O) groups is 2. The van der Waals surface area contributed by atoms with Crippen LogP contribution < -0.4 is 10.7 Å². The Labute approximate surface area is 181 Å². The lowest BCUT2D eigenvalue weighted by Crippen LogP contribution is -2.47. The largest absolute Gasteiger partial charge is 0.291 e. The summed E-state index contributed by atoms with van der Waals surface area (Å²) in [4.78, 5) is 34.2.